The van der Waals surface area contributed by atoms with E-state index >= 15 is 0 Å². The van der Waals surface area contributed by atoms with Gasteiger partial charge in [0.15, 0.2) is 0 Å². The number of fused-ring (bicyclic) bond motifs is 11. The maximum atomic E-state index is 6.41. The number of hydrogen-bond donors (Lipinski definition) is 0. The lowest BCUT2D eigenvalue weighted by Gasteiger charge is -2.20. The van der Waals surface area contributed by atoms with Crippen LogP contribution in [-0.2, 0) is 0 Å². The predicted molar refractivity (Wildman–Crippen MR) is 210 cm³/mol. The van der Waals surface area contributed by atoms with Crippen molar-refractivity contribution in [2.75, 3.05) is 0 Å². The van der Waals surface area contributed by atoms with Crippen LogP contribution in [0.4, 0.5) is 0 Å². The van der Waals surface area contributed by atoms with Gasteiger partial charge in [-0.05, 0) is 117 Å². The third-order valence-corrected chi connectivity index (χ3v) is 10.6. The van der Waals surface area contributed by atoms with Gasteiger partial charge in [-0.3, -0.25) is 0 Å². The van der Waals surface area contributed by atoms with Crippen molar-refractivity contribution in [3.05, 3.63) is 170 Å². The zero-order valence-corrected chi connectivity index (χ0v) is 26.6. The Morgan fingerprint density at radius 3 is 1.53 bits per heavy atom. The van der Waals surface area contributed by atoms with Crippen LogP contribution in [0, 0.1) is 0 Å². The minimum Gasteiger partial charge on any atom is -0.456 e. The lowest BCUT2D eigenvalue weighted by Crippen LogP contribution is -1.92. The van der Waals surface area contributed by atoms with Crippen molar-refractivity contribution < 1.29 is 4.42 Å². The first-order valence-corrected chi connectivity index (χ1v) is 16.9. The van der Waals surface area contributed by atoms with E-state index < -0.39 is 0 Å². The summed E-state index contributed by atoms with van der Waals surface area (Å²) in [5, 5.41) is 17.4. The summed E-state index contributed by atoms with van der Waals surface area (Å²) in [5.74, 6) is 0. The molecule has 0 unspecified atom stereocenters. The first kappa shape index (κ1) is 26.6. The summed E-state index contributed by atoms with van der Waals surface area (Å²) in [7, 11) is 0. The average molecular weight is 621 g/mol. The largest absolute Gasteiger partial charge is 0.456 e. The number of hydrogen-bond acceptors (Lipinski definition) is 1. The molecule has 0 amide bonds. The molecule has 0 atom stereocenters. The number of benzene rings is 10. The van der Waals surface area contributed by atoms with Crippen LogP contribution in [0.5, 0.6) is 0 Å². The van der Waals surface area contributed by atoms with E-state index in [1.54, 1.807) is 0 Å². The Morgan fingerprint density at radius 1 is 0.286 bits per heavy atom. The summed E-state index contributed by atoms with van der Waals surface area (Å²) in [6, 6.07) is 62.2. The van der Waals surface area contributed by atoms with Gasteiger partial charge in [0.2, 0.25) is 0 Å². The fraction of sp³-hybridized carbons (Fsp3) is 0. The molecule has 0 saturated carbocycles. The van der Waals surface area contributed by atoms with Gasteiger partial charge in [0.1, 0.15) is 11.2 Å². The first-order chi connectivity index (χ1) is 24.3. The summed E-state index contributed by atoms with van der Waals surface area (Å²) in [6.45, 7) is 0. The minimum absolute atomic E-state index is 0.912. The van der Waals surface area contributed by atoms with Crippen LogP contribution in [0.1, 0.15) is 0 Å². The zero-order valence-electron chi connectivity index (χ0n) is 26.6. The van der Waals surface area contributed by atoms with Crippen LogP contribution in [0.2, 0.25) is 0 Å². The molecule has 0 aliphatic heterocycles. The summed E-state index contributed by atoms with van der Waals surface area (Å²) >= 11 is 0. The molecule has 0 radical (unpaired) electrons. The van der Waals surface area contributed by atoms with Crippen LogP contribution < -0.4 is 0 Å². The lowest BCUT2D eigenvalue weighted by molar-refractivity contribution is 0.669. The summed E-state index contributed by atoms with van der Waals surface area (Å²) in [5.41, 5.74) is 6.82. The van der Waals surface area contributed by atoms with Gasteiger partial charge in [0.25, 0.3) is 0 Å². The molecule has 11 rings (SSSR count). The topological polar surface area (TPSA) is 13.1 Å². The maximum Gasteiger partial charge on any atom is 0.136 e. The van der Waals surface area contributed by atoms with Crippen LogP contribution >= 0.6 is 0 Å². The van der Waals surface area contributed by atoms with E-state index in [0.717, 1.165) is 21.9 Å². The Bertz CT molecular complexity index is 3100. The van der Waals surface area contributed by atoms with E-state index in [9.17, 15) is 0 Å². The van der Waals surface area contributed by atoms with Gasteiger partial charge in [-0.25, -0.2) is 0 Å². The molecule has 49 heavy (non-hydrogen) atoms. The van der Waals surface area contributed by atoms with Crippen LogP contribution in [0.3, 0.4) is 0 Å². The van der Waals surface area contributed by atoms with Crippen molar-refractivity contribution in [3.63, 3.8) is 0 Å². The quantitative estimate of drug-likeness (QED) is 0.138. The van der Waals surface area contributed by atoms with E-state index in [1.807, 2.05) is 0 Å². The van der Waals surface area contributed by atoms with Gasteiger partial charge in [-0.1, -0.05) is 140 Å². The molecule has 0 aliphatic carbocycles. The van der Waals surface area contributed by atoms with Gasteiger partial charge in [0.05, 0.1) is 0 Å². The normalized spacial score (nSPS) is 12.1. The van der Waals surface area contributed by atoms with Crippen LogP contribution in [0.15, 0.2) is 174 Å². The minimum atomic E-state index is 0.912. The van der Waals surface area contributed by atoms with Crippen molar-refractivity contribution in [2.45, 2.75) is 0 Å². The smallest absolute Gasteiger partial charge is 0.136 e. The molecule has 0 aliphatic rings. The molecule has 1 heteroatoms. The molecule has 0 fully saturated rings. The summed E-state index contributed by atoms with van der Waals surface area (Å²) in [6.07, 6.45) is 0. The SMILES string of the molecule is c1ccc2cc3c(cc2c1)oc1ccc(-c2c4ccccc4c(-c4cc5ccc6ccccc6c5c5ccccc45)c4ccccc24)cc13. The molecule has 0 N–H and O–H groups in total. The second-order valence-electron chi connectivity index (χ2n) is 13.2. The molecular formula is C48H28O. The Labute approximate surface area is 282 Å². The highest BCUT2D eigenvalue weighted by Gasteiger charge is 2.20. The van der Waals surface area contributed by atoms with Gasteiger partial charge < -0.3 is 4.42 Å². The third-order valence-electron chi connectivity index (χ3n) is 10.6. The van der Waals surface area contributed by atoms with Gasteiger partial charge in [0, 0.05) is 10.8 Å². The molecule has 0 saturated heterocycles. The highest BCUT2D eigenvalue weighted by Crippen LogP contribution is 2.48. The highest BCUT2D eigenvalue weighted by molar-refractivity contribution is 6.28. The number of furan rings is 1. The molecule has 0 bridgehead atoms. The molecular weight excluding hydrogens is 593 g/mol. The van der Waals surface area contributed by atoms with Crippen molar-refractivity contribution in [1.29, 1.82) is 0 Å². The molecule has 1 nitrogen and oxygen atoms in total. The monoisotopic (exact) mass is 620 g/mol. The fourth-order valence-electron chi connectivity index (χ4n) is 8.43. The molecule has 0 spiro atoms. The maximum absolute atomic E-state index is 6.41. The fourth-order valence-corrected chi connectivity index (χ4v) is 8.43. The van der Waals surface area contributed by atoms with E-state index in [1.165, 1.54) is 86.9 Å². The Hall–Kier alpha value is -6.44. The van der Waals surface area contributed by atoms with Crippen LogP contribution in [0.25, 0.3) is 109 Å². The van der Waals surface area contributed by atoms with Crippen molar-refractivity contribution in [1.82, 2.24) is 0 Å². The second kappa shape index (κ2) is 10.0. The molecule has 1 heterocycles. The Morgan fingerprint density at radius 2 is 0.816 bits per heavy atom. The lowest BCUT2D eigenvalue weighted by atomic mass is 9.83. The Balaban J connectivity index is 1.24. The van der Waals surface area contributed by atoms with Gasteiger partial charge >= 0.3 is 0 Å². The van der Waals surface area contributed by atoms with E-state index in [0.29, 0.717) is 0 Å². The molecule has 226 valence electrons. The molecule has 1 aromatic heterocycles. The van der Waals surface area contributed by atoms with Crippen molar-refractivity contribution in [3.8, 4) is 22.3 Å². The van der Waals surface area contributed by atoms with Gasteiger partial charge in [-0.2, -0.15) is 0 Å². The van der Waals surface area contributed by atoms with E-state index in [2.05, 4.69) is 170 Å². The van der Waals surface area contributed by atoms with Crippen molar-refractivity contribution >= 4 is 86.6 Å². The standard InChI is InChI=1S/C48H28O/c1-2-13-31-28-45-42(25-30(31)12-1)41-26-33(23-24-44(41)49-45)47-37-17-7-9-19-39(37)48(40-20-10-8-18-38(40)47)43-27-32-22-21-29-11-3-4-14-34(29)46(32)36-16-6-5-15-35(36)43/h1-28H. The first-order valence-electron chi connectivity index (χ1n) is 16.9. The summed E-state index contributed by atoms with van der Waals surface area (Å²) < 4.78 is 6.41. The van der Waals surface area contributed by atoms with Crippen molar-refractivity contribution in [2.24, 2.45) is 0 Å². The molecule has 10 aromatic carbocycles. The zero-order chi connectivity index (χ0) is 32.1. The molecule has 11 aromatic rings. The third kappa shape index (κ3) is 3.82. The number of rotatable bonds is 2. The average Bonchev–Trinajstić information content (AvgIpc) is 3.52. The summed E-state index contributed by atoms with van der Waals surface area (Å²) in [4.78, 5) is 0. The Kier molecular flexibility index (Phi) is 5.45. The van der Waals surface area contributed by atoms with Crippen LogP contribution in [-0.4, -0.2) is 0 Å². The highest BCUT2D eigenvalue weighted by atomic mass is 16.3. The van der Waals surface area contributed by atoms with Gasteiger partial charge in [-0.15, -0.1) is 0 Å². The van der Waals surface area contributed by atoms with E-state index in [4.69, 9.17) is 4.42 Å². The van der Waals surface area contributed by atoms with E-state index in [-0.39, 0.29) is 0 Å². The second-order valence-corrected chi connectivity index (χ2v) is 13.2. The predicted octanol–water partition coefficient (Wildman–Crippen LogP) is 13.8.